The summed E-state index contributed by atoms with van der Waals surface area (Å²) in [7, 11) is -3.69. The van der Waals surface area contributed by atoms with E-state index in [2.05, 4.69) is 4.99 Å². The lowest BCUT2D eigenvalue weighted by Gasteiger charge is -2.19. The Labute approximate surface area is 153 Å². The highest BCUT2D eigenvalue weighted by Crippen LogP contribution is 2.30. The van der Waals surface area contributed by atoms with Gasteiger partial charge in [-0.25, -0.2) is 12.7 Å². The van der Waals surface area contributed by atoms with Gasteiger partial charge >= 0.3 is 6.18 Å². The van der Waals surface area contributed by atoms with Crippen LogP contribution in [-0.4, -0.2) is 31.0 Å². The highest BCUT2D eigenvalue weighted by Gasteiger charge is 2.31. The molecule has 0 fully saturated rings. The van der Waals surface area contributed by atoms with Gasteiger partial charge < -0.3 is 0 Å². The van der Waals surface area contributed by atoms with Gasteiger partial charge in [-0.3, -0.25) is 4.99 Å². The van der Waals surface area contributed by atoms with Crippen molar-refractivity contribution in [3.8, 4) is 0 Å². The molecule has 1 heterocycles. The van der Waals surface area contributed by atoms with Crippen LogP contribution in [0.4, 0.5) is 13.2 Å². The molecule has 0 amide bonds. The van der Waals surface area contributed by atoms with Gasteiger partial charge in [-0.05, 0) is 29.8 Å². The minimum absolute atomic E-state index is 0.185. The Bertz CT molecular complexity index is 896. The predicted octanol–water partition coefficient (Wildman–Crippen LogP) is 4.00. The van der Waals surface area contributed by atoms with Crippen molar-refractivity contribution in [2.75, 3.05) is 13.1 Å². The molecule has 9 heteroatoms. The Kier molecular flexibility index (Phi) is 5.29. The highest BCUT2D eigenvalue weighted by atomic mass is 32.2. The van der Waals surface area contributed by atoms with Gasteiger partial charge in [0.15, 0.2) is 5.17 Å². The fraction of sp³-hybridized carbons (Fsp3) is 0.235. The zero-order chi connectivity index (χ0) is 18.8. The minimum atomic E-state index is -4.37. The van der Waals surface area contributed by atoms with Crippen LogP contribution in [0.5, 0.6) is 0 Å². The van der Waals surface area contributed by atoms with E-state index >= 15 is 0 Å². The van der Waals surface area contributed by atoms with Crippen LogP contribution in [0.15, 0.2) is 64.5 Å². The fourth-order valence-electron chi connectivity index (χ4n) is 2.41. The first-order valence-electron chi connectivity index (χ1n) is 7.70. The van der Waals surface area contributed by atoms with E-state index in [4.69, 9.17) is 0 Å². The SMILES string of the molecule is O=S(=O)(c1ccccc1)N1CCN=C1SCc1ccc(C(F)(F)F)cc1. The largest absolute Gasteiger partial charge is 0.416 e. The van der Waals surface area contributed by atoms with Gasteiger partial charge in [-0.2, -0.15) is 13.2 Å². The monoisotopic (exact) mass is 400 g/mol. The molecule has 2 aromatic carbocycles. The molecular formula is C17H15F3N2O2S2. The maximum atomic E-state index is 12.7. The average molecular weight is 400 g/mol. The number of halogens is 3. The van der Waals surface area contributed by atoms with Crippen molar-refractivity contribution >= 4 is 27.0 Å². The molecule has 0 bridgehead atoms. The third kappa shape index (κ3) is 4.04. The maximum Gasteiger partial charge on any atom is 0.416 e. The number of hydrogen-bond acceptors (Lipinski definition) is 4. The molecule has 0 unspecified atom stereocenters. The molecule has 1 aliphatic heterocycles. The molecule has 0 radical (unpaired) electrons. The third-order valence-electron chi connectivity index (χ3n) is 3.74. The molecule has 4 nitrogen and oxygen atoms in total. The van der Waals surface area contributed by atoms with Crippen molar-refractivity contribution in [2.45, 2.75) is 16.8 Å². The topological polar surface area (TPSA) is 49.7 Å². The highest BCUT2D eigenvalue weighted by molar-refractivity contribution is 8.14. The summed E-state index contributed by atoms with van der Waals surface area (Å²) in [5, 5.41) is 0.355. The van der Waals surface area contributed by atoms with Crippen LogP contribution in [0.2, 0.25) is 0 Å². The van der Waals surface area contributed by atoms with Crippen LogP contribution in [0.1, 0.15) is 11.1 Å². The average Bonchev–Trinajstić information content (AvgIpc) is 3.10. The Morgan fingerprint density at radius 2 is 1.69 bits per heavy atom. The van der Waals surface area contributed by atoms with Crippen molar-refractivity contribution < 1.29 is 21.6 Å². The fourth-order valence-corrected chi connectivity index (χ4v) is 5.11. The lowest BCUT2D eigenvalue weighted by Crippen LogP contribution is -2.32. The normalized spacial score (nSPS) is 15.2. The Morgan fingerprint density at radius 3 is 2.31 bits per heavy atom. The minimum Gasteiger partial charge on any atom is -0.260 e. The molecule has 0 aliphatic carbocycles. The predicted molar refractivity (Wildman–Crippen MR) is 95.4 cm³/mol. The van der Waals surface area contributed by atoms with Crippen LogP contribution in [-0.2, 0) is 22.0 Å². The lowest BCUT2D eigenvalue weighted by molar-refractivity contribution is -0.137. The van der Waals surface area contributed by atoms with E-state index in [1.807, 2.05) is 0 Å². The number of nitrogens with zero attached hydrogens (tertiary/aromatic N) is 2. The molecule has 0 saturated carbocycles. The van der Waals surface area contributed by atoms with Crippen molar-refractivity contribution in [3.05, 3.63) is 65.7 Å². The zero-order valence-electron chi connectivity index (χ0n) is 13.5. The van der Waals surface area contributed by atoms with E-state index in [-0.39, 0.29) is 11.4 Å². The van der Waals surface area contributed by atoms with Crippen molar-refractivity contribution in [2.24, 2.45) is 4.99 Å². The van der Waals surface area contributed by atoms with Gasteiger partial charge in [0.2, 0.25) is 0 Å². The number of rotatable bonds is 4. The molecule has 2 aromatic rings. The molecule has 3 rings (SSSR count). The number of benzene rings is 2. The van der Waals surface area contributed by atoms with Crippen molar-refractivity contribution in [1.82, 2.24) is 4.31 Å². The first kappa shape index (κ1) is 18.8. The number of hydrogen-bond donors (Lipinski definition) is 0. The van der Waals surface area contributed by atoms with Gasteiger partial charge in [-0.1, -0.05) is 42.1 Å². The second-order valence-corrected chi connectivity index (χ2v) is 8.34. The van der Waals surface area contributed by atoms with Gasteiger partial charge in [-0.15, -0.1) is 0 Å². The molecule has 0 saturated heterocycles. The number of amidine groups is 1. The summed E-state index contributed by atoms with van der Waals surface area (Å²) in [5.74, 6) is 0.331. The lowest BCUT2D eigenvalue weighted by atomic mass is 10.1. The summed E-state index contributed by atoms with van der Waals surface area (Å²) in [5.41, 5.74) is -0.0487. The molecule has 0 aromatic heterocycles. The second-order valence-electron chi connectivity index (χ2n) is 5.54. The molecule has 0 atom stereocenters. The standard InChI is InChI=1S/C17H15F3N2O2S2/c18-17(19,20)14-8-6-13(7-9-14)12-25-16-21-10-11-22(16)26(23,24)15-4-2-1-3-5-15/h1-9H,10-12H2. The van der Waals surface area contributed by atoms with Crippen LogP contribution in [0.25, 0.3) is 0 Å². The van der Waals surface area contributed by atoms with Gasteiger partial charge in [0, 0.05) is 5.75 Å². The number of sulfonamides is 1. The van der Waals surface area contributed by atoms with E-state index in [1.165, 1.54) is 40.3 Å². The van der Waals surface area contributed by atoms with E-state index in [0.29, 0.717) is 23.0 Å². The molecular weight excluding hydrogens is 385 g/mol. The summed E-state index contributed by atoms with van der Waals surface area (Å²) in [4.78, 5) is 4.41. The summed E-state index contributed by atoms with van der Waals surface area (Å²) < 4.78 is 64.5. The van der Waals surface area contributed by atoms with Gasteiger partial charge in [0.25, 0.3) is 10.0 Å². The first-order valence-corrected chi connectivity index (χ1v) is 10.1. The van der Waals surface area contributed by atoms with E-state index in [1.54, 1.807) is 18.2 Å². The van der Waals surface area contributed by atoms with Crippen molar-refractivity contribution in [1.29, 1.82) is 0 Å². The van der Waals surface area contributed by atoms with Gasteiger partial charge in [0.05, 0.1) is 23.5 Å². The van der Waals surface area contributed by atoms with Crippen LogP contribution < -0.4 is 0 Å². The molecule has 26 heavy (non-hydrogen) atoms. The van der Waals surface area contributed by atoms with E-state index in [9.17, 15) is 21.6 Å². The molecule has 1 aliphatic rings. The Hall–Kier alpha value is -2.00. The van der Waals surface area contributed by atoms with Crippen LogP contribution in [0.3, 0.4) is 0 Å². The molecule has 0 spiro atoms. The smallest absolute Gasteiger partial charge is 0.260 e. The Balaban J connectivity index is 1.70. The Morgan fingerprint density at radius 1 is 1.04 bits per heavy atom. The maximum absolute atomic E-state index is 12.7. The summed E-state index contributed by atoms with van der Waals surface area (Å²) >= 11 is 1.20. The quantitative estimate of drug-likeness (QED) is 0.780. The van der Waals surface area contributed by atoms with E-state index in [0.717, 1.165) is 12.1 Å². The van der Waals surface area contributed by atoms with Gasteiger partial charge in [0.1, 0.15) is 0 Å². The zero-order valence-corrected chi connectivity index (χ0v) is 15.1. The number of thioether (sulfide) groups is 1. The number of aliphatic imine (C=N–C) groups is 1. The van der Waals surface area contributed by atoms with Crippen LogP contribution >= 0.6 is 11.8 Å². The second kappa shape index (κ2) is 7.32. The van der Waals surface area contributed by atoms with Crippen LogP contribution in [0, 0.1) is 0 Å². The van der Waals surface area contributed by atoms with E-state index < -0.39 is 21.8 Å². The third-order valence-corrected chi connectivity index (χ3v) is 6.75. The molecule has 0 N–H and O–H groups in total. The summed E-state index contributed by atoms with van der Waals surface area (Å²) in [6, 6.07) is 12.9. The summed E-state index contributed by atoms with van der Waals surface area (Å²) in [6.07, 6.45) is -4.37. The number of alkyl halides is 3. The molecule has 138 valence electrons. The summed E-state index contributed by atoms with van der Waals surface area (Å²) in [6.45, 7) is 0.619. The first-order chi connectivity index (χ1) is 12.3. The van der Waals surface area contributed by atoms with Crippen molar-refractivity contribution in [3.63, 3.8) is 0 Å².